The van der Waals surface area contributed by atoms with Crippen LogP contribution in [-0.2, 0) is 11.8 Å². The minimum atomic E-state index is -0.454. The van der Waals surface area contributed by atoms with Crippen LogP contribution in [-0.4, -0.2) is 25.7 Å². The van der Waals surface area contributed by atoms with Gasteiger partial charge in [-0.1, -0.05) is 47.6 Å². The van der Waals surface area contributed by atoms with Crippen LogP contribution in [0.15, 0.2) is 59.5 Å². The zero-order chi connectivity index (χ0) is 19.8. The van der Waals surface area contributed by atoms with Crippen molar-refractivity contribution in [3.8, 4) is 0 Å². The number of carbonyl (C=O) groups excluding carboxylic acids is 2. The molecule has 5 nitrogen and oxygen atoms in total. The van der Waals surface area contributed by atoms with E-state index in [1.807, 2.05) is 41.9 Å². The van der Waals surface area contributed by atoms with Gasteiger partial charge in [0.05, 0.1) is 4.91 Å². The monoisotopic (exact) mass is 427 g/mol. The van der Waals surface area contributed by atoms with Crippen molar-refractivity contribution in [2.24, 2.45) is 7.05 Å². The Bertz CT molecular complexity index is 1170. The standard InChI is InChI=1S/C20H14ClN3O2S2/c1-23-15(10-12-5-2-3-8-16(12)23)11-17-19(26)24(20(27)28-17)22-18(25)13-6-4-7-14(21)9-13/h2-11H,1H3,(H,22,25). The predicted molar refractivity (Wildman–Crippen MR) is 117 cm³/mol. The third-order valence-corrected chi connectivity index (χ3v) is 5.90. The van der Waals surface area contributed by atoms with Gasteiger partial charge in [-0.15, -0.1) is 0 Å². The number of fused-ring (bicyclic) bond motifs is 1. The van der Waals surface area contributed by atoms with Crippen LogP contribution in [0.4, 0.5) is 0 Å². The Morgan fingerprint density at radius 2 is 1.96 bits per heavy atom. The van der Waals surface area contributed by atoms with E-state index >= 15 is 0 Å². The summed E-state index contributed by atoms with van der Waals surface area (Å²) >= 11 is 12.4. The summed E-state index contributed by atoms with van der Waals surface area (Å²) in [5.74, 6) is -0.819. The number of aromatic nitrogens is 1. The first-order valence-corrected chi connectivity index (χ1v) is 9.93. The molecule has 1 N–H and O–H groups in total. The first-order valence-electron chi connectivity index (χ1n) is 8.33. The van der Waals surface area contributed by atoms with E-state index in [0.717, 1.165) is 33.4 Å². The summed E-state index contributed by atoms with van der Waals surface area (Å²) < 4.78 is 2.28. The summed E-state index contributed by atoms with van der Waals surface area (Å²) in [6, 6.07) is 16.5. The Hall–Kier alpha value is -2.61. The number of thiocarbonyl (C=S) groups is 1. The Balaban J connectivity index is 1.59. The first kappa shape index (κ1) is 18.7. The molecule has 2 aromatic carbocycles. The lowest BCUT2D eigenvalue weighted by Crippen LogP contribution is -2.44. The van der Waals surface area contributed by atoms with Gasteiger partial charge in [0.1, 0.15) is 0 Å². The largest absolute Gasteiger partial charge is 0.344 e. The molecule has 1 fully saturated rings. The molecule has 0 aliphatic carbocycles. The van der Waals surface area contributed by atoms with E-state index in [2.05, 4.69) is 5.43 Å². The van der Waals surface area contributed by atoms with Crippen LogP contribution in [0, 0.1) is 0 Å². The maximum atomic E-state index is 12.8. The molecular weight excluding hydrogens is 414 g/mol. The highest BCUT2D eigenvalue weighted by atomic mass is 35.5. The quantitative estimate of drug-likeness (QED) is 0.498. The number of aryl methyl sites for hydroxylation is 1. The smallest absolute Gasteiger partial charge is 0.285 e. The molecule has 0 radical (unpaired) electrons. The molecule has 3 aromatic rings. The molecule has 0 bridgehead atoms. The summed E-state index contributed by atoms with van der Waals surface area (Å²) in [7, 11) is 1.94. The summed E-state index contributed by atoms with van der Waals surface area (Å²) in [6.07, 6.45) is 1.78. The van der Waals surface area contributed by atoms with E-state index in [0.29, 0.717) is 15.5 Å². The molecule has 0 unspecified atom stereocenters. The third kappa shape index (κ3) is 3.44. The van der Waals surface area contributed by atoms with Crippen molar-refractivity contribution >= 4 is 68.7 Å². The van der Waals surface area contributed by atoms with Crippen LogP contribution in [0.25, 0.3) is 17.0 Å². The van der Waals surface area contributed by atoms with Crippen LogP contribution in [0.3, 0.4) is 0 Å². The van der Waals surface area contributed by atoms with E-state index in [4.69, 9.17) is 23.8 Å². The number of para-hydroxylation sites is 1. The Labute approximate surface area is 175 Å². The van der Waals surface area contributed by atoms with Gasteiger partial charge in [0, 0.05) is 34.2 Å². The molecule has 2 amide bonds. The highest BCUT2D eigenvalue weighted by Crippen LogP contribution is 2.32. The third-order valence-electron chi connectivity index (χ3n) is 4.36. The molecular formula is C20H14ClN3O2S2. The lowest BCUT2D eigenvalue weighted by atomic mass is 10.2. The number of halogens is 1. The molecule has 2 heterocycles. The maximum Gasteiger partial charge on any atom is 0.285 e. The number of carbonyl (C=O) groups is 2. The van der Waals surface area contributed by atoms with Gasteiger partial charge in [-0.3, -0.25) is 15.0 Å². The number of nitrogens with one attached hydrogen (secondary N) is 1. The molecule has 4 rings (SSSR count). The molecule has 1 aliphatic rings. The molecule has 8 heteroatoms. The van der Waals surface area contributed by atoms with Crippen molar-refractivity contribution in [3.63, 3.8) is 0 Å². The first-order chi connectivity index (χ1) is 13.4. The van der Waals surface area contributed by atoms with Gasteiger partial charge in [0.15, 0.2) is 4.32 Å². The number of nitrogens with zero attached hydrogens (tertiary/aromatic N) is 2. The molecule has 1 aromatic heterocycles. The summed E-state index contributed by atoms with van der Waals surface area (Å²) in [6.45, 7) is 0. The number of hydrogen-bond donors (Lipinski definition) is 1. The second-order valence-electron chi connectivity index (χ2n) is 6.16. The number of benzene rings is 2. The second-order valence-corrected chi connectivity index (χ2v) is 8.27. The average Bonchev–Trinajstić information content (AvgIpc) is 3.13. The fraction of sp³-hybridized carbons (Fsp3) is 0.0500. The van der Waals surface area contributed by atoms with Crippen LogP contribution >= 0.6 is 35.6 Å². The van der Waals surface area contributed by atoms with Crippen molar-refractivity contribution in [2.75, 3.05) is 0 Å². The number of hydrogen-bond acceptors (Lipinski definition) is 4. The Kier molecular flexibility index (Phi) is 4.97. The van der Waals surface area contributed by atoms with Gasteiger partial charge in [-0.25, -0.2) is 0 Å². The fourth-order valence-corrected chi connectivity index (χ4v) is 4.30. The Morgan fingerprint density at radius 3 is 2.71 bits per heavy atom. The van der Waals surface area contributed by atoms with Crippen molar-refractivity contribution in [1.29, 1.82) is 0 Å². The lowest BCUT2D eigenvalue weighted by molar-refractivity contribution is -0.123. The van der Waals surface area contributed by atoms with E-state index in [1.54, 1.807) is 24.3 Å². The van der Waals surface area contributed by atoms with Gasteiger partial charge < -0.3 is 4.57 Å². The molecule has 0 atom stereocenters. The van der Waals surface area contributed by atoms with Gasteiger partial charge in [-0.05, 0) is 48.6 Å². The SMILES string of the molecule is Cn1c(C=C2SC(=S)N(NC(=O)c3cccc(Cl)c3)C2=O)cc2ccccc21. The zero-order valence-corrected chi connectivity index (χ0v) is 17.1. The van der Waals surface area contributed by atoms with E-state index in [-0.39, 0.29) is 10.2 Å². The summed E-state index contributed by atoms with van der Waals surface area (Å²) in [4.78, 5) is 25.7. The molecule has 140 valence electrons. The molecule has 28 heavy (non-hydrogen) atoms. The number of hydrazine groups is 1. The zero-order valence-electron chi connectivity index (χ0n) is 14.7. The van der Waals surface area contributed by atoms with Crippen LogP contribution in [0.1, 0.15) is 16.1 Å². The van der Waals surface area contributed by atoms with E-state index < -0.39 is 5.91 Å². The number of rotatable bonds is 3. The molecule has 0 saturated carbocycles. The summed E-state index contributed by atoms with van der Waals surface area (Å²) in [5, 5.41) is 2.62. The van der Waals surface area contributed by atoms with Gasteiger partial charge in [-0.2, -0.15) is 5.01 Å². The molecule has 1 aliphatic heterocycles. The van der Waals surface area contributed by atoms with Crippen LogP contribution in [0.5, 0.6) is 0 Å². The van der Waals surface area contributed by atoms with E-state index in [9.17, 15) is 9.59 Å². The number of amides is 2. The van der Waals surface area contributed by atoms with Crippen molar-refractivity contribution in [3.05, 3.63) is 75.8 Å². The minimum absolute atomic E-state index is 0.269. The molecule has 1 saturated heterocycles. The normalized spacial score (nSPS) is 15.6. The van der Waals surface area contributed by atoms with Crippen molar-refractivity contribution in [2.45, 2.75) is 0 Å². The lowest BCUT2D eigenvalue weighted by Gasteiger charge is -2.15. The second kappa shape index (κ2) is 7.43. The predicted octanol–water partition coefficient (Wildman–Crippen LogP) is 4.38. The van der Waals surface area contributed by atoms with Gasteiger partial charge >= 0.3 is 0 Å². The van der Waals surface area contributed by atoms with E-state index in [1.165, 1.54) is 6.07 Å². The summed E-state index contributed by atoms with van der Waals surface area (Å²) in [5.41, 5.74) is 4.85. The Morgan fingerprint density at radius 1 is 1.18 bits per heavy atom. The van der Waals surface area contributed by atoms with Crippen molar-refractivity contribution < 1.29 is 9.59 Å². The van der Waals surface area contributed by atoms with Gasteiger partial charge in [0.2, 0.25) is 0 Å². The maximum absolute atomic E-state index is 12.8. The topological polar surface area (TPSA) is 54.3 Å². The van der Waals surface area contributed by atoms with Crippen LogP contribution in [0.2, 0.25) is 5.02 Å². The van der Waals surface area contributed by atoms with Crippen LogP contribution < -0.4 is 5.43 Å². The average molecular weight is 428 g/mol. The highest BCUT2D eigenvalue weighted by molar-refractivity contribution is 8.26. The molecule has 0 spiro atoms. The number of thioether (sulfide) groups is 1. The highest BCUT2D eigenvalue weighted by Gasteiger charge is 2.34. The fourth-order valence-electron chi connectivity index (χ4n) is 2.94. The van der Waals surface area contributed by atoms with Gasteiger partial charge in [0.25, 0.3) is 11.8 Å². The minimum Gasteiger partial charge on any atom is -0.344 e. The van der Waals surface area contributed by atoms with Crippen molar-refractivity contribution in [1.82, 2.24) is 15.0 Å².